The van der Waals surface area contributed by atoms with Crippen molar-refractivity contribution >= 4 is 28.0 Å². The van der Waals surface area contributed by atoms with E-state index >= 15 is 0 Å². The number of rotatable bonds is 3. The van der Waals surface area contributed by atoms with Gasteiger partial charge in [-0.25, -0.2) is 4.79 Å². The van der Waals surface area contributed by atoms with Crippen LogP contribution in [0.5, 0.6) is 11.5 Å². The number of carbonyl (C=O) groups is 1. The number of benzene rings is 1. The van der Waals surface area contributed by atoms with E-state index in [2.05, 4.69) is 15.9 Å². The molecule has 80 valence electrons. The van der Waals surface area contributed by atoms with Gasteiger partial charge in [-0.3, -0.25) is 0 Å². The molecule has 4 nitrogen and oxygen atoms in total. The van der Waals surface area contributed by atoms with Crippen molar-refractivity contribution in [3.63, 3.8) is 0 Å². The summed E-state index contributed by atoms with van der Waals surface area (Å²) in [5.41, 5.74) is 0.618. The average molecular weight is 273 g/mol. The SMILES string of the molecule is COc1cc(C=CC(=O)O)c(Br)cc1O. The molecule has 0 aliphatic heterocycles. The summed E-state index contributed by atoms with van der Waals surface area (Å²) in [6, 6.07) is 2.99. The van der Waals surface area contributed by atoms with Crippen molar-refractivity contribution in [3.05, 3.63) is 28.2 Å². The van der Waals surface area contributed by atoms with Crippen LogP contribution in [0.25, 0.3) is 6.08 Å². The molecule has 0 heterocycles. The summed E-state index contributed by atoms with van der Waals surface area (Å²) in [5, 5.41) is 17.9. The lowest BCUT2D eigenvalue weighted by atomic mass is 10.2. The fourth-order valence-corrected chi connectivity index (χ4v) is 1.47. The Balaban J connectivity index is 3.13. The summed E-state index contributed by atoms with van der Waals surface area (Å²) >= 11 is 3.20. The Morgan fingerprint density at radius 1 is 1.53 bits per heavy atom. The van der Waals surface area contributed by atoms with Gasteiger partial charge in [0.2, 0.25) is 0 Å². The average Bonchev–Trinajstić information content (AvgIpc) is 2.16. The minimum absolute atomic E-state index is 0.00292. The lowest BCUT2D eigenvalue weighted by Crippen LogP contribution is -1.88. The van der Waals surface area contributed by atoms with Crippen molar-refractivity contribution in [2.75, 3.05) is 7.11 Å². The Morgan fingerprint density at radius 2 is 2.20 bits per heavy atom. The summed E-state index contributed by atoms with van der Waals surface area (Å²) < 4.78 is 5.49. The molecule has 0 fully saturated rings. The van der Waals surface area contributed by atoms with Gasteiger partial charge in [-0.05, 0) is 23.8 Å². The van der Waals surface area contributed by atoms with E-state index in [9.17, 15) is 9.90 Å². The fourth-order valence-electron chi connectivity index (χ4n) is 1.01. The highest BCUT2D eigenvalue weighted by Crippen LogP contribution is 2.32. The Hall–Kier alpha value is -1.49. The van der Waals surface area contributed by atoms with Crippen molar-refractivity contribution in [1.29, 1.82) is 0 Å². The number of phenols is 1. The summed E-state index contributed by atoms with van der Waals surface area (Å²) in [4.78, 5) is 10.3. The van der Waals surface area contributed by atoms with Crippen LogP contribution < -0.4 is 4.74 Å². The van der Waals surface area contributed by atoms with Crippen LogP contribution in [0.2, 0.25) is 0 Å². The molecule has 1 rings (SSSR count). The van der Waals surface area contributed by atoms with Crippen LogP contribution in [0.4, 0.5) is 0 Å². The number of halogens is 1. The molecule has 0 bridgehead atoms. The Bertz CT molecular complexity index is 412. The number of hydrogen-bond acceptors (Lipinski definition) is 3. The minimum atomic E-state index is -1.03. The van der Waals surface area contributed by atoms with Gasteiger partial charge in [0.05, 0.1) is 7.11 Å². The van der Waals surface area contributed by atoms with E-state index in [4.69, 9.17) is 9.84 Å². The maximum atomic E-state index is 10.3. The molecule has 0 atom stereocenters. The number of aliphatic carboxylic acids is 1. The highest BCUT2D eigenvalue weighted by molar-refractivity contribution is 9.10. The molecule has 5 heteroatoms. The molecule has 1 aromatic carbocycles. The van der Waals surface area contributed by atoms with Gasteiger partial charge >= 0.3 is 5.97 Å². The predicted octanol–water partition coefficient (Wildman–Crippen LogP) is 2.26. The molecular formula is C10H9BrO4. The molecule has 0 spiro atoms. The third-order valence-electron chi connectivity index (χ3n) is 1.70. The van der Waals surface area contributed by atoms with E-state index in [1.165, 1.54) is 19.3 Å². The van der Waals surface area contributed by atoms with E-state index in [-0.39, 0.29) is 5.75 Å². The van der Waals surface area contributed by atoms with Crippen LogP contribution in [0.15, 0.2) is 22.7 Å². The second-order valence-corrected chi connectivity index (χ2v) is 3.57. The summed E-state index contributed by atoms with van der Waals surface area (Å²) in [7, 11) is 1.42. The summed E-state index contributed by atoms with van der Waals surface area (Å²) in [6.45, 7) is 0. The highest BCUT2D eigenvalue weighted by atomic mass is 79.9. The van der Waals surface area contributed by atoms with Gasteiger partial charge in [0.1, 0.15) is 0 Å². The first-order chi connectivity index (χ1) is 7.04. The van der Waals surface area contributed by atoms with E-state index in [0.29, 0.717) is 15.8 Å². The van der Waals surface area contributed by atoms with Gasteiger partial charge in [0, 0.05) is 10.5 Å². The number of methoxy groups -OCH3 is 1. The normalized spacial score (nSPS) is 10.5. The second-order valence-electron chi connectivity index (χ2n) is 2.72. The molecule has 0 aromatic heterocycles. The van der Waals surface area contributed by atoms with E-state index in [1.54, 1.807) is 6.07 Å². The maximum Gasteiger partial charge on any atom is 0.328 e. The molecule has 0 unspecified atom stereocenters. The number of carboxylic acids is 1. The lowest BCUT2D eigenvalue weighted by Gasteiger charge is -2.05. The number of ether oxygens (including phenoxy) is 1. The third-order valence-corrected chi connectivity index (χ3v) is 2.39. The van der Waals surface area contributed by atoms with Crippen LogP contribution in [0, 0.1) is 0 Å². The number of hydrogen-bond donors (Lipinski definition) is 2. The Labute approximate surface area is 94.9 Å². The maximum absolute atomic E-state index is 10.3. The standard InChI is InChI=1S/C10H9BrO4/c1-15-9-4-6(2-3-10(13)14)7(11)5-8(9)12/h2-5,12H,1H3,(H,13,14). The number of carboxylic acid groups (broad SMARTS) is 1. The zero-order valence-corrected chi connectivity index (χ0v) is 9.48. The molecule has 0 aliphatic rings. The van der Waals surface area contributed by atoms with Crippen molar-refractivity contribution in [3.8, 4) is 11.5 Å². The van der Waals surface area contributed by atoms with Crippen molar-refractivity contribution in [1.82, 2.24) is 0 Å². The molecule has 0 amide bonds. The van der Waals surface area contributed by atoms with Gasteiger partial charge in [-0.1, -0.05) is 15.9 Å². The van der Waals surface area contributed by atoms with Gasteiger partial charge in [-0.15, -0.1) is 0 Å². The summed E-state index contributed by atoms with van der Waals surface area (Å²) in [6.07, 6.45) is 2.42. The monoisotopic (exact) mass is 272 g/mol. The first-order valence-electron chi connectivity index (χ1n) is 4.02. The fraction of sp³-hybridized carbons (Fsp3) is 0.100. The number of aromatic hydroxyl groups is 1. The summed E-state index contributed by atoms with van der Waals surface area (Å²) in [5.74, 6) is -0.742. The topological polar surface area (TPSA) is 66.8 Å². The molecule has 0 aliphatic carbocycles. The van der Waals surface area contributed by atoms with Crippen molar-refractivity contribution in [2.45, 2.75) is 0 Å². The van der Waals surface area contributed by atoms with Gasteiger partial charge in [-0.2, -0.15) is 0 Å². The Morgan fingerprint density at radius 3 is 2.73 bits per heavy atom. The molecule has 0 saturated heterocycles. The smallest absolute Gasteiger partial charge is 0.328 e. The quantitative estimate of drug-likeness (QED) is 0.829. The van der Waals surface area contributed by atoms with Crippen LogP contribution in [0.1, 0.15) is 5.56 Å². The largest absolute Gasteiger partial charge is 0.504 e. The molecular weight excluding hydrogens is 264 g/mol. The predicted molar refractivity (Wildman–Crippen MR) is 59.0 cm³/mol. The number of phenolic OH excluding ortho intramolecular Hbond substituents is 1. The van der Waals surface area contributed by atoms with Crippen LogP contribution >= 0.6 is 15.9 Å². The zero-order valence-electron chi connectivity index (χ0n) is 7.90. The first kappa shape index (κ1) is 11.6. The van der Waals surface area contributed by atoms with Crippen LogP contribution in [-0.2, 0) is 4.79 Å². The Kier molecular flexibility index (Phi) is 3.74. The first-order valence-corrected chi connectivity index (χ1v) is 4.81. The molecule has 15 heavy (non-hydrogen) atoms. The van der Waals surface area contributed by atoms with Crippen LogP contribution in [0.3, 0.4) is 0 Å². The molecule has 1 aromatic rings. The van der Waals surface area contributed by atoms with E-state index in [0.717, 1.165) is 6.08 Å². The highest BCUT2D eigenvalue weighted by Gasteiger charge is 2.05. The molecule has 0 radical (unpaired) electrons. The lowest BCUT2D eigenvalue weighted by molar-refractivity contribution is -0.131. The minimum Gasteiger partial charge on any atom is -0.504 e. The second kappa shape index (κ2) is 4.84. The molecule has 2 N–H and O–H groups in total. The van der Waals surface area contributed by atoms with Gasteiger partial charge < -0.3 is 14.9 Å². The van der Waals surface area contributed by atoms with E-state index in [1.807, 2.05) is 0 Å². The molecule has 0 saturated carbocycles. The van der Waals surface area contributed by atoms with Gasteiger partial charge in [0.25, 0.3) is 0 Å². The third kappa shape index (κ3) is 2.99. The van der Waals surface area contributed by atoms with Crippen molar-refractivity contribution < 1.29 is 19.7 Å². The zero-order chi connectivity index (χ0) is 11.4. The van der Waals surface area contributed by atoms with Crippen molar-refractivity contribution in [2.24, 2.45) is 0 Å². The van der Waals surface area contributed by atoms with Crippen LogP contribution in [-0.4, -0.2) is 23.3 Å². The van der Waals surface area contributed by atoms with E-state index < -0.39 is 5.97 Å². The van der Waals surface area contributed by atoms with Gasteiger partial charge in [0.15, 0.2) is 11.5 Å².